The first-order valence-electron chi connectivity index (χ1n) is 8.31. The number of rotatable bonds is 6. The lowest BCUT2D eigenvalue weighted by molar-refractivity contribution is -0.125. The Morgan fingerprint density at radius 1 is 1.32 bits per heavy atom. The second-order valence-corrected chi connectivity index (χ2v) is 6.43. The molecule has 0 saturated carbocycles. The van der Waals surface area contributed by atoms with Crippen LogP contribution in [0.25, 0.3) is 0 Å². The van der Waals surface area contributed by atoms with E-state index in [0.717, 1.165) is 28.9 Å². The molecule has 3 rings (SSSR count). The van der Waals surface area contributed by atoms with Crippen LogP contribution in [0.2, 0.25) is 0 Å². The highest BCUT2D eigenvalue weighted by molar-refractivity contribution is 5.83. The molecule has 0 aliphatic carbocycles. The van der Waals surface area contributed by atoms with Gasteiger partial charge in [0.25, 0.3) is 0 Å². The van der Waals surface area contributed by atoms with Crippen molar-refractivity contribution in [3.8, 4) is 11.5 Å². The molecule has 0 bridgehead atoms. The summed E-state index contributed by atoms with van der Waals surface area (Å²) in [6.45, 7) is 4.75. The third-order valence-corrected chi connectivity index (χ3v) is 4.43. The second-order valence-electron chi connectivity index (χ2n) is 6.43. The normalized spacial score (nSPS) is 14.0. The maximum absolute atomic E-state index is 12.7. The van der Waals surface area contributed by atoms with Crippen LogP contribution in [0.1, 0.15) is 28.6 Å². The van der Waals surface area contributed by atoms with Crippen LogP contribution in [0.15, 0.2) is 18.2 Å². The zero-order chi connectivity index (χ0) is 18.0. The lowest BCUT2D eigenvalue weighted by atomic mass is 10.0. The van der Waals surface area contributed by atoms with E-state index < -0.39 is 0 Å². The molecule has 0 fully saturated rings. The van der Waals surface area contributed by atoms with Gasteiger partial charge in [0, 0.05) is 12.2 Å². The van der Waals surface area contributed by atoms with E-state index in [0.29, 0.717) is 18.0 Å². The molecular weight excluding hydrogens is 320 g/mol. The number of H-pyrrole nitrogens is 1. The first kappa shape index (κ1) is 17.3. The summed E-state index contributed by atoms with van der Waals surface area (Å²) in [5, 5.41) is 10.2. The van der Waals surface area contributed by atoms with Crippen molar-refractivity contribution in [1.82, 2.24) is 20.4 Å². The van der Waals surface area contributed by atoms with Gasteiger partial charge in [-0.2, -0.15) is 5.10 Å². The predicted molar refractivity (Wildman–Crippen MR) is 93.8 cm³/mol. The fourth-order valence-corrected chi connectivity index (χ4v) is 3.12. The number of likely N-dealkylation sites (N-methyl/N-ethyl adjacent to an activating group) is 1. The number of fused-ring (bicyclic) bond motifs is 1. The Bertz CT molecular complexity index is 750. The van der Waals surface area contributed by atoms with Crippen molar-refractivity contribution in [2.75, 3.05) is 27.4 Å². The molecule has 2 heterocycles. The van der Waals surface area contributed by atoms with Crippen LogP contribution >= 0.6 is 0 Å². The number of carbonyl (C=O) groups is 1. The van der Waals surface area contributed by atoms with E-state index in [-0.39, 0.29) is 18.7 Å². The number of hydrogen-bond acceptors (Lipinski definition) is 5. The molecule has 1 atom stereocenters. The number of aryl methyl sites for hydroxylation is 2. The third-order valence-electron chi connectivity index (χ3n) is 4.43. The molecule has 1 aliphatic rings. The van der Waals surface area contributed by atoms with E-state index in [9.17, 15) is 4.79 Å². The molecule has 7 nitrogen and oxygen atoms in total. The smallest absolute Gasteiger partial charge is 0.241 e. The predicted octanol–water partition coefficient (Wildman–Crippen LogP) is 1.72. The van der Waals surface area contributed by atoms with Gasteiger partial charge >= 0.3 is 0 Å². The largest absolute Gasteiger partial charge is 0.454 e. The fraction of sp³-hybridized carbons (Fsp3) is 0.444. The number of carbonyl (C=O) groups excluding carboxylic acids is 1. The van der Waals surface area contributed by atoms with Crippen molar-refractivity contribution >= 4 is 5.91 Å². The van der Waals surface area contributed by atoms with E-state index in [1.165, 1.54) is 0 Å². The quantitative estimate of drug-likeness (QED) is 0.834. The molecule has 1 aromatic heterocycles. The van der Waals surface area contributed by atoms with Crippen molar-refractivity contribution in [3.63, 3.8) is 0 Å². The molecule has 25 heavy (non-hydrogen) atoms. The van der Waals surface area contributed by atoms with Crippen LogP contribution in [0, 0.1) is 13.8 Å². The van der Waals surface area contributed by atoms with Gasteiger partial charge in [-0.3, -0.25) is 14.8 Å². The number of benzene rings is 1. The van der Waals surface area contributed by atoms with Gasteiger partial charge in [0.2, 0.25) is 12.7 Å². The van der Waals surface area contributed by atoms with Gasteiger partial charge in [-0.1, -0.05) is 6.07 Å². The molecule has 0 spiro atoms. The van der Waals surface area contributed by atoms with Gasteiger partial charge in [0.1, 0.15) is 6.04 Å². The van der Waals surface area contributed by atoms with Crippen LogP contribution in [-0.2, 0) is 11.2 Å². The highest BCUT2D eigenvalue weighted by Crippen LogP contribution is 2.35. The number of hydrogen-bond donors (Lipinski definition) is 2. The summed E-state index contributed by atoms with van der Waals surface area (Å²) >= 11 is 0. The Balaban J connectivity index is 1.67. The minimum Gasteiger partial charge on any atom is -0.454 e. The summed E-state index contributed by atoms with van der Waals surface area (Å²) < 4.78 is 10.8. The molecular formula is C18H24N4O3. The topological polar surface area (TPSA) is 79.5 Å². The maximum Gasteiger partial charge on any atom is 0.241 e. The number of amides is 1. The Labute approximate surface area is 147 Å². The molecule has 134 valence electrons. The summed E-state index contributed by atoms with van der Waals surface area (Å²) in [6, 6.07) is 5.24. The number of ether oxygens (including phenoxy) is 2. The first-order chi connectivity index (χ1) is 12.0. The Kier molecular flexibility index (Phi) is 4.94. The number of nitrogens with zero attached hydrogens (tertiary/aromatic N) is 2. The van der Waals surface area contributed by atoms with Gasteiger partial charge in [0.05, 0.1) is 5.69 Å². The first-order valence-corrected chi connectivity index (χ1v) is 8.31. The molecule has 0 saturated heterocycles. The van der Waals surface area contributed by atoms with E-state index in [1.807, 2.05) is 51.0 Å². The van der Waals surface area contributed by atoms with Gasteiger partial charge in [-0.25, -0.2) is 0 Å². The summed E-state index contributed by atoms with van der Waals surface area (Å²) in [4.78, 5) is 14.6. The van der Waals surface area contributed by atoms with Gasteiger partial charge < -0.3 is 14.8 Å². The van der Waals surface area contributed by atoms with Crippen molar-refractivity contribution in [1.29, 1.82) is 0 Å². The third kappa shape index (κ3) is 3.61. The molecule has 1 amide bonds. The van der Waals surface area contributed by atoms with Gasteiger partial charge in [0.15, 0.2) is 11.5 Å². The monoisotopic (exact) mass is 344 g/mol. The second kappa shape index (κ2) is 7.14. The molecule has 2 N–H and O–H groups in total. The summed E-state index contributed by atoms with van der Waals surface area (Å²) in [6.07, 6.45) is 0.751. The minimum absolute atomic E-state index is 0.0392. The number of aromatic nitrogens is 2. The highest BCUT2D eigenvalue weighted by Gasteiger charge is 2.25. The minimum atomic E-state index is -0.388. The van der Waals surface area contributed by atoms with Crippen LogP contribution in [0.4, 0.5) is 0 Å². The Morgan fingerprint density at radius 3 is 2.76 bits per heavy atom. The van der Waals surface area contributed by atoms with Gasteiger partial charge in [-0.15, -0.1) is 0 Å². The standard InChI is InChI=1S/C18H24N4O3/c1-11-14(12(2)21-20-11)7-8-19-18(23)17(22(3)4)13-5-6-15-16(9-13)25-10-24-15/h5-6,9,17H,7-8,10H2,1-4H3,(H,19,23)(H,20,21)/t17-/m0/s1. The zero-order valence-electron chi connectivity index (χ0n) is 15.0. The van der Waals surface area contributed by atoms with Crippen LogP contribution < -0.4 is 14.8 Å². The van der Waals surface area contributed by atoms with Crippen molar-refractivity contribution in [3.05, 3.63) is 40.7 Å². The number of nitrogens with one attached hydrogen (secondary N) is 2. The summed E-state index contributed by atoms with van der Waals surface area (Å²) in [5.41, 5.74) is 4.06. The van der Waals surface area contributed by atoms with Crippen molar-refractivity contribution < 1.29 is 14.3 Å². The lowest BCUT2D eigenvalue weighted by Crippen LogP contribution is -2.38. The number of aromatic amines is 1. The molecule has 2 aromatic rings. The van der Waals surface area contributed by atoms with Crippen LogP contribution in [0.5, 0.6) is 11.5 Å². The van der Waals surface area contributed by atoms with Crippen molar-refractivity contribution in [2.45, 2.75) is 26.3 Å². The van der Waals surface area contributed by atoms with Crippen LogP contribution in [0.3, 0.4) is 0 Å². The Hall–Kier alpha value is -2.54. The zero-order valence-corrected chi connectivity index (χ0v) is 15.0. The molecule has 1 aromatic carbocycles. The average molecular weight is 344 g/mol. The van der Waals surface area contributed by atoms with Crippen LogP contribution in [-0.4, -0.2) is 48.4 Å². The van der Waals surface area contributed by atoms with Crippen molar-refractivity contribution in [2.24, 2.45) is 0 Å². The summed E-state index contributed by atoms with van der Waals surface area (Å²) in [5.74, 6) is 1.36. The maximum atomic E-state index is 12.7. The fourth-order valence-electron chi connectivity index (χ4n) is 3.12. The molecule has 0 unspecified atom stereocenters. The SMILES string of the molecule is Cc1n[nH]c(C)c1CCNC(=O)[C@H](c1ccc2c(c1)OCO2)N(C)C. The molecule has 1 aliphatic heterocycles. The van der Waals surface area contributed by atoms with Gasteiger partial charge in [-0.05, 0) is 57.6 Å². The van der Waals surface area contributed by atoms with E-state index in [2.05, 4.69) is 15.5 Å². The van der Waals surface area contributed by atoms with E-state index in [1.54, 1.807) is 0 Å². The lowest BCUT2D eigenvalue weighted by Gasteiger charge is -2.24. The molecule has 7 heteroatoms. The molecule has 0 radical (unpaired) electrons. The van der Waals surface area contributed by atoms with E-state index >= 15 is 0 Å². The Morgan fingerprint density at radius 2 is 2.08 bits per heavy atom. The highest BCUT2D eigenvalue weighted by atomic mass is 16.7. The summed E-state index contributed by atoms with van der Waals surface area (Å²) in [7, 11) is 3.78. The van der Waals surface area contributed by atoms with E-state index in [4.69, 9.17) is 9.47 Å². The average Bonchev–Trinajstić information content (AvgIpc) is 3.15.